The molecule has 0 unspecified atom stereocenters. The van der Waals surface area contributed by atoms with Crippen molar-refractivity contribution in [3.63, 3.8) is 0 Å². The molecule has 0 bridgehead atoms. The van der Waals surface area contributed by atoms with Crippen LogP contribution in [0.4, 0.5) is 0 Å². The van der Waals surface area contributed by atoms with Gasteiger partial charge in [-0.1, -0.05) is 32.1 Å². The summed E-state index contributed by atoms with van der Waals surface area (Å²) in [6, 6.07) is 0.582. The lowest BCUT2D eigenvalue weighted by molar-refractivity contribution is -0.133. The van der Waals surface area contributed by atoms with E-state index in [0.717, 1.165) is 90.1 Å². The van der Waals surface area contributed by atoms with Crippen LogP contribution in [0.3, 0.4) is 0 Å². The Balaban J connectivity index is 1.10. The van der Waals surface area contributed by atoms with E-state index < -0.39 is 0 Å². The molecule has 1 N–H and O–H groups in total. The number of nitrogens with zero attached hydrogens (tertiary/aromatic N) is 2. The molecule has 6 nitrogen and oxygen atoms in total. The van der Waals surface area contributed by atoms with E-state index in [-0.39, 0.29) is 17.9 Å². The van der Waals surface area contributed by atoms with Crippen LogP contribution in [0, 0.1) is 11.8 Å². The van der Waals surface area contributed by atoms with E-state index in [1.165, 1.54) is 32.1 Å². The fourth-order valence-electron chi connectivity index (χ4n) is 6.13. The van der Waals surface area contributed by atoms with Gasteiger partial charge in [-0.15, -0.1) is 0 Å². The predicted molar refractivity (Wildman–Crippen MR) is 122 cm³/mol. The predicted octanol–water partition coefficient (Wildman–Crippen LogP) is 3.35. The van der Waals surface area contributed by atoms with Crippen molar-refractivity contribution < 1.29 is 14.3 Å². The van der Waals surface area contributed by atoms with E-state index in [1.54, 1.807) is 0 Å². The maximum Gasteiger partial charge on any atom is 0.223 e. The Morgan fingerprint density at radius 1 is 0.839 bits per heavy atom. The van der Waals surface area contributed by atoms with Crippen molar-refractivity contribution >= 4 is 11.8 Å². The molecule has 2 amide bonds. The molecule has 3 saturated heterocycles. The van der Waals surface area contributed by atoms with Gasteiger partial charge in [0.15, 0.2) is 0 Å². The van der Waals surface area contributed by atoms with E-state index in [1.807, 2.05) is 0 Å². The molecule has 3 heterocycles. The molecule has 4 aliphatic rings. The first-order valence-electron chi connectivity index (χ1n) is 13.1. The van der Waals surface area contributed by atoms with Crippen molar-refractivity contribution in [2.45, 2.75) is 95.6 Å². The van der Waals surface area contributed by atoms with Crippen LogP contribution in [0.5, 0.6) is 0 Å². The Bertz CT molecular complexity index is 571. The Hall–Kier alpha value is -1.14. The molecule has 0 aromatic carbocycles. The monoisotopic (exact) mass is 433 g/mol. The normalized spacial score (nSPS) is 27.5. The Labute approximate surface area is 188 Å². The van der Waals surface area contributed by atoms with Crippen LogP contribution in [0.15, 0.2) is 0 Å². The molecule has 1 aliphatic carbocycles. The van der Waals surface area contributed by atoms with Crippen molar-refractivity contribution in [3.05, 3.63) is 0 Å². The third-order valence-electron chi connectivity index (χ3n) is 8.25. The highest BCUT2D eigenvalue weighted by atomic mass is 16.5. The van der Waals surface area contributed by atoms with Gasteiger partial charge in [0, 0.05) is 44.6 Å². The second-order valence-corrected chi connectivity index (χ2v) is 10.3. The third-order valence-corrected chi connectivity index (χ3v) is 8.25. The summed E-state index contributed by atoms with van der Waals surface area (Å²) in [5.41, 5.74) is 0. The highest BCUT2D eigenvalue weighted by Gasteiger charge is 2.32. The quantitative estimate of drug-likeness (QED) is 0.669. The van der Waals surface area contributed by atoms with E-state index in [0.29, 0.717) is 18.5 Å². The molecule has 0 aromatic heterocycles. The molecule has 3 aliphatic heterocycles. The summed E-state index contributed by atoms with van der Waals surface area (Å²) in [5.74, 6) is 1.54. The number of ether oxygens (including phenoxy) is 1. The van der Waals surface area contributed by atoms with Gasteiger partial charge in [0.25, 0.3) is 0 Å². The van der Waals surface area contributed by atoms with Crippen molar-refractivity contribution in [2.24, 2.45) is 11.8 Å². The van der Waals surface area contributed by atoms with Crippen molar-refractivity contribution in [2.75, 3.05) is 39.3 Å². The first kappa shape index (κ1) is 23.0. The summed E-state index contributed by atoms with van der Waals surface area (Å²) in [7, 11) is 0. The average molecular weight is 434 g/mol. The molecule has 176 valence electrons. The van der Waals surface area contributed by atoms with Crippen LogP contribution in [0.25, 0.3) is 0 Å². The van der Waals surface area contributed by atoms with Crippen LogP contribution in [-0.4, -0.2) is 73.1 Å². The van der Waals surface area contributed by atoms with E-state index >= 15 is 0 Å². The fourth-order valence-corrected chi connectivity index (χ4v) is 6.13. The maximum atomic E-state index is 12.7. The van der Waals surface area contributed by atoms with Crippen molar-refractivity contribution in [1.29, 1.82) is 0 Å². The van der Waals surface area contributed by atoms with E-state index in [2.05, 4.69) is 15.1 Å². The summed E-state index contributed by atoms with van der Waals surface area (Å²) in [4.78, 5) is 29.9. The van der Waals surface area contributed by atoms with Gasteiger partial charge < -0.3 is 19.9 Å². The van der Waals surface area contributed by atoms with Gasteiger partial charge in [-0.25, -0.2) is 0 Å². The summed E-state index contributed by atoms with van der Waals surface area (Å²) in [5, 5.41) is 3.12. The number of piperidine rings is 2. The second-order valence-electron chi connectivity index (χ2n) is 10.3. The zero-order valence-electron chi connectivity index (χ0n) is 19.4. The Morgan fingerprint density at radius 3 is 2.26 bits per heavy atom. The standard InChI is InChI=1S/C25H43N3O3/c29-24(9-8-20-5-2-1-3-6-20)28-16-12-22(13-17-28)27-14-10-21(11-15-27)25(30)26-19-23-7-4-18-31-23/h20-23H,1-19H2,(H,26,30)/t23-/m0/s1. The minimum Gasteiger partial charge on any atom is -0.376 e. The number of carbonyl (C=O) groups is 2. The largest absolute Gasteiger partial charge is 0.376 e. The third kappa shape index (κ3) is 6.67. The number of rotatable bonds is 7. The molecule has 4 fully saturated rings. The fraction of sp³-hybridized carbons (Fsp3) is 0.920. The molecule has 0 spiro atoms. The lowest BCUT2D eigenvalue weighted by Crippen LogP contribution is -2.50. The minimum atomic E-state index is 0.152. The number of hydrogen-bond donors (Lipinski definition) is 1. The molecule has 1 saturated carbocycles. The molecular formula is C25H43N3O3. The van der Waals surface area contributed by atoms with Crippen LogP contribution in [0.2, 0.25) is 0 Å². The van der Waals surface area contributed by atoms with Crippen LogP contribution in [-0.2, 0) is 14.3 Å². The van der Waals surface area contributed by atoms with Gasteiger partial charge in [-0.05, 0) is 64.0 Å². The van der Waals surface area contributed by atoms with Crippen molar-refractivity contribution in [3.8, 4) is 0 Å². The molecule has 0 aromatic rings. The minimum absolute atomic E-state index is 0.152. The van der Waals surface area contributed by atoms with Crippen molar-refractivity contribution in [1.82, 2.24) is 15.1 Å². The lowest BCUT2D eigenvalue weighted by atomic mass is 9.86. The van der Waals surface area contributed by atoms with Gasteiger partial charge in [0.05, 0.1) is 6.10 Å². The molecule has 4 rings (SSSR count). The average Bonchev–Trinajstić information content (AvgIpc) is 3.36. The number of likely N-dealkylation sites (tertiary alicyclic amines) is 2. The Kier molecular flexibility index (Phi) is 8.65. The molecule has 1 atom stereocenters. The highest BCUT2D eigenvalue weighted by molar-refractivity contribution is 5.78. The number of amides is 2. The van der Waals surface area contributed by atoms with Crippen LogP contribution in [0.1, 0.15) is 83.5 Å². The molecular weight excluding hydrogens is 390 g/mol. The Morgan fingerprint density at radius 2 is 1.58 bits per heavy atom. The van der Waals surface area contributed by atoms with Gasteiger partial charge in [-0.2, -0.15) is 0 Å². The smallest absolute Gasteiger partial charge is 0.223 e. The summed E-state index contributed by atoms with van der Waals surface area (Å²) < 4.78 is 5.61. The second kappa shape index (κ2) is 11.6. The SMILES string of the molecule is O=C(NC[C@@H]1CCCO1)C1CCN(C2CCN(C(=O)CCC3CCCCC3)CC2)CC1. The summed E-state index contributed by atoms with van der Waals surface area (Å²) in [6.07, 6.45) is 15.1. The zero-order chi connectivity index (χ0) is 21.5. The first-order chi connectivity index (χ1) is 15.2. The molecule has 31 heavy (non-hydrogen) atoms. The topological polar surface area (TPSA) is 61.9 Å². The van der Waals surface area contributed by atoms with Crippen LogP contribution < -0.4 is 5.32 Å². The first-order valence-corrected chi connectivity index (χ1v) is 13.1. The molecule has 0 radical (unpaired) electrons. The summed E-state index contributed by atoms with van der Waals surface area (Å²) in [6.45, 7) is 5.36. The lowest BCUT2D eigenvalue weighted by Gasteiger charge is -2.41. The number of carbonyl (C=O) groups excluding carboxylic acids is 2. The highest BCUT2D eigenvalue weighted by Crippen LogP contribution is 2.28. The number of nitrogens with one attached hydrogen (secondary N) is 1. The van der Waals surface area contributed by atoms with Gasteiger partial charge >= 0.3 is 0 Å². The van der Waals surface area contributed by atoms with Gasteiger partial charge in [0.1, 0.15) is 0 Å². The zero-order valence-corrected chi connectivity index (χ0v) is 19.4. The van der Waals surface area contributed by atoms with Crippen LogP contribution >= 0.6 is 0 Å². The van der Waals surface area contributed by atoms with E-state index in [9.17, 15) is 9.59 Å². The van der Waals surface area contributed by atoms with Gasteiger partial charge in [-0.3, -0.25) is 9.59 Å². The summed E-state index contributed by atoms with van der Waals surface area (Å²) >= 11 is 0. The van der Waals surface area contributed by atoms with Gasteiger partial charge in [0.2, 0.25) is 11.8 Å². The van der Waals surface area contributed by atoms with E-state index in [4.69, 9.17) is 4.74 Å². The molecule has 6 heteroatoms. The number of hydrogen-bond acceptors (Lipinski definition) is 4. The maximum absolute atomic E-state index is 12.7.